The van der Waals surface area contributed by atoms with Gasteiger partial charge in [0.1, 0.15) is 5.82 Å². The molecule has 1 amide bonds. The Morgan fingerprint density at radius 2 is 1.65 bits per heavy atom. The molecule has 10 heteroatoms. The van der Waals surface area contributed by atoms with E-state index >= 15 is 0 Å². The third kappa shape index (κ3) is 6.18. The summed E-state index contributed by atoms with van der Waals surface area (Å²) in [6.07, 6.45) is -4.34. The number of halogens is 3. The highest BCUT2D eigenvalue weighted by Crippen LogP contribution is 2.30. The number of thioether (sulfide) groups is 1. The standard InChI is InChI=1S/C24H26F3N5OS/c1-18-28-29-23(32(18)16-19-6-3-2-4-7-19)34-17-22(33)31-12-10-30(11-13-31)15-20-8-5-9-21(14-20)24(25,26)27/h2-9,14H,10-13,15-17H2,1H3. The Hall–Kier alpha value is -2.85. The SMILES string of the molecule is Cc1nnc(SCC(=O)N2CCN(Cc3cccc(C(F)(F)F)c3)CC2)n1Cc1ccccc1. The fourth-order valence-corrected chi connectivity index (χ4v) is 4.78. The van der Waals surface area contributed by atoms with Crippen molar-refractivity contribution in [3.05, 3.63) is 77.1 Å². The first-order chi connectivity index (χ1) is 16.3. The van der Waals surface area contributed by atoms with Crippen molar-refractivity contribution in [2.45, 2.75) is 31.3 Å². The Morgan fingerprint density at radius 3 is 2.35 bits per heavy atom. The van der Waals surface area contributed by atoms with Gasteiger partial charge in [-0.15, -0.1) is 10.2 Å². The molecule has 0 N–H and O–H groups in total. The number of aryl methyl sites for hydroxylation is 1. The first kappa shape index (κ1) is 24.3. The minimum Gasteiger partial charge on any atom is -0.339 e. The number of benzene rings is 2. The van der Waals surface area contributed by atoms with Crippen LogP contribution in [0, 0.1) is 6.92 Å². The molecule has 0 atom stereocenters. The molecule has 0 saturated carbocycles. The van der Waals surface area contributed by atoms with Crippen molar-refractivity contribution in [3.63, 3.8) is 0 Å². The molecule has 3 aromatic rings. The summed E-state index contributed by atoms with van der Waals surface area (Å²) in [7, 11) is 0. The number of alkyl halides is 3. The van der Waals surface area contributed by atoms with E-state index in [1.807, 2.05) is 41.8 Å². The van der Waals surface area contributed by atoms with Crippen molar-refractivity contribution >= 4 is 17.7 Å². The van der Waals surface area contributed by atoms with Crippen LogP contribution in [0.2, 0.25) is 0 Å². The van der Waals surface area contributed by atoms with Crippen LogP contribution in [0.25, 0.3) is 0 Å². The van der Waals surface area contributed by atoms with E-state index in [0.29, 0.717) is 50.0 Å². The zero-order valence-corrected chi connectivity index (χ0v) is 19.6. The quantitative estimate of drug-likeness (QED) is 0.468. The fraction of sp³-hybridized carbons (Fsp3) is 0.375. The van der Waals surface area contributed by atoms with Crippen molar-refractivity contribution in [3.8, 4) is 0 Å². The Morgan fingerprint density at radius 1 is 0.941 bits per heavy atom. The molecule has 0 unspecified atom stereocenters. The molecule has 1 aromatic heterocycles. The molecule has 0 radical (unpaired) electrons. The van der Waals surface area contributed by atoms with E-state index in [9.17, 15) is 18.0 Å². The molecule has 180 valence electrons. The number of nitrogens with zero attached hydrogens (tertiary/aromatic N) is 5. The van der Waals surface area contributed by atoms with Crippen molar-refractivity contribution < 1.29 is 18.0 Å². The fourth-order valence-electron chi connectivity index (χ4n) is 3.89. The van der Waals surface area contributed by atoms with Gasteiger partial charge >= 0.3 is 6.18 Å². The highest BCUT2D eigenvalue weighted by Gasteiger charge is 2.30. The largest absolute Gasteiger partial charge is 0.416 e. The minimum atomic E-state index is -4.34. The van der Waals surface area contributed by atoms with Crippen molar-refractivity contribution in [1.29, 1.82) is 0 Å². The van der Waals surface area contributed by atoms with Gasteiger partial charge < -0.3 is 9.47 Å². The van der Waals surface area contributed by atoms with Crippen molar-refractivity contribution in [2.24, 2.45) is 0 Å². The molecule has 2 heterocycles. The van der Waals surface area contributed by atoms with Gasteiger partial charge in [-0.25, -0.2) is 0 Å². The number of aromatic nitrogens is 3. The molecule has 0 spiro atoms. The molecule has 1 saturated heterocycles. The smallest absolute Gasteiger partial charge is 0.339 e. The zero-order chi connectivity index (χ0) is 24.1. The Bertz CT molecular complexity index is 1110. The lowest BCUT2D eigenvalue weighted by atomic mass is 10.1. The lowest BCUT2D eigenvalue weighted by Gasteiger charge is -2.34. The second-order valence-corrected chi connectivity index (χ2v) is 9.19. The van der Waals surface area contributed by atoms with Gasteiger partial charge in [-0.05, 0) is 24.1 Å². The summed E-state index contributed by atoms with van der Waals surface area (Å²) >= 11 is 1.37. The first-order valence-corrected chi connectivity index (χ1v) is 12.0. The maximum absolute atomic E-state index is 12.9. The van der Waals surface area contributed by atoms with Crippen LogP contribution in [0.15, 0.2) is 59.8 Å². The van der Waals surface area contributed by atoms with Gasteiger partial charge in [-0.2, -0.15) is 13.2 Å². The van der Waals surface area contributed by atoms with Gasteiger partial charge in [0, 0.05) is 32.7 Å². The summed E-state index contributed by atoms with van der Waals surface area (Å²) in [4.78, 5) is 16.7. The molecular weight excluding hydrogens is 463 g/mol. The average molecular weight is 490 g/mol. The van der Waals surface area contributed by atoms with Crippen molar-refractivity contribution in [1.82, 2.24) is 24.6 Å². The third-order valence-corrected chi connectivity index (χ3v) is 6.75. The van der Waals surface area contributed by atoms with Crippen LogP contribution in [0.1, 0.15) is 22.5 Å². The summed E-state index contributed by atoms with van der Waals surface area (Å²) in [5.74, 6) is 1.08. The van der Waals surface area contributed by atoms with E-state index in [0.717, 1.165) is 17.5 Å². The van der Waals surface area contributed by atoms with E-state index in [-0.39, 0.29) is 11.7 Å². The molecular formula is C24H26F3N5OS. The maximum atomic E-state index is 12.9. The summed E-state index contributed by atoms with van der Waals surface area (Å²) in [6, 6.07) is 15.4. The lowest BCUT2D eigenvalue weighted by Crippen LogP contribution is -2.48. The summed E-state index contributed by atoms with van der Waals surface area (Å²) in [5.41, 5.74) is 1.12. The molecule has 6 nitrogen and oxygen atoms in total. The van der Waals surface area contributed by atoms with E-state index < -0.39 is 11.7 Å². The third-order valence-electron chi connectivity index (χ3n) is 5.80. The number of hydrogen-bond acceptors (Lipinski definition) is 5. The van der Waals surface area contributed by atoms with Gasteiger partial charge in [0.2, 0.25) is 5.91 Å². The maximum Gasteiger partial charge on any atom is 0.416 e. The van der Waals surface area contributed by atoms with Gasteiger partial charge in [-0.1, -0.05) is 60.3 Å². The zero-order valence-electron chi connectivity index (χ0n) is 18.8. The molecule has 0 bridgehead atoms. The van der Waals surface area contributed by atoms with Crippen LogP contribution < -0.4 is 0 Å². The Kier molecular flexibility index (Phi) is 7.57. The topological polar surface area (TPSA) is 54.3 Å². The van der Waals surface area contributed by atoms with Crippen LogP contribution in [0.5, 0.6) is 0 Å². The highest BCUT2D eigenvalue weighted by molar-refractivity contribution is 7.99. The van der Waals surface area contributed by atoms with Gasteiger partial charge in [0.15, 0.2) is 5.16 Å². The van der Waals surface area contributed by atoms with Gasteiger partial charge in [-0.3, -0.25) is 9.69 Å². The molecule has 1 fully saturated rings. The molecule has 4 rings (SSSR count). The predicted octanol–water partition coefficient (Wildman–Crippen LogP) is 4.09. The monoisotopic (exact) mass is 489 g/mol. The minimum absolute atomic E-state index is 0.0237. The van der Waals surface area contributed by atoms with E-state index in [2.05, 4.69) is 15.1 Å². The molecule has 1 aliphatic heterocycles. The Balaban J connectivity index is 1.27. The van der Waals surface area contributed by atoms with Crippen LogP contribution in [-0.2, 0) is 24.1 Å². The van der Waals surface area contributed by atoms with E-state index in [4.69, 9.17) is 0 Å². The van der Waals surface area contributed by atoms with E-state index in [1.165, 1.54) is 23.9 Å². The summed E-state index contributed by atoms with van der Waals surface area (Å²) in [5, 5.41) is 9.10. The van der Waals surface area contributed by atoms with Crippen LogP contribution >= 0.6 is 11.8 Å². The normalized spacial score (nSPS) is 15.0. The summed E-state index contributed by atoms with van der Waals surface area (Å²) in [6.45, 7) is 5.31. The second-order valence-electron chi connectivity index (χ2n) is 8.25. The van der Waals surface area contributed by atoms with Crippen molar-refractivity contribution in [2.75, 3.05) is 31.9 Å². The highest BCUT2D eigenvalue weighted by atomic mass is 32.2. The number of piperazine rings is 1. The summed E-state index contributed by atoms with van der Waals surface area (Å²) < 4.78 is 40.8. The number of rotatable bonds is 7. The predicted molar refractivity (Wildman–Crippen MR) is 124 cm³/mol. The molecule has 0 aliphatic carbocycles. The average Bonchev–Trinajstić information content (AvgIpc) is 3.17. The van der Waals surface area contributed by atoms with E-state index in [1.54, 1.807) is 11.0 Å². The van der Waals surface area contributed by atoms with Gasteiger partial charge in [0.05, 0.1) is 17.9 Å². The first-order valence-electron chi connectivity index (χ1n) is 11.0. The van der Waals surface area contributed by atoms with Crippen LogP contribution in [0.4, 0.5) is 13.2 Å². The second kappa shape index (κ2) is 10.6. The molecule has 34 heavy (non-hydrogen) atoms. The van der Waals surface area contributed by atoms with Crippen LogP contribution in [0.3, 0.4) is 0 Å². The molecule has 2 aromatic carbocycles. The molecule has 1 aliphatic rings. The Labute approximate surface area is 200 Å². The number of carbonyl (C=O) groups is 1. The van der Waals surface area contributed by atoms with Crippen LogP contribution in [-0.4, -0.2) is 62.4 Å². The number of hydrogen-bond donors (Lipinski definition) is 0. The lowest BCUT2D eigenvalue weighted by molar-refractivity contribution is -0.137. The van der Waals surface area contributed by atoms with Gasteiger partial charge in [0.25, 0.3) is 0 Å². The number of carbonyl (C=O) groups excluding carboxylic acids is 1. The number of amides is 1.